The molecule has 0 spiro atoms. The van der Waals surface area contributed by atoms with Gasteiger partial charge in [-0.2, -0.15) is 0 Å². The van der Waals surface area contributed by atoms with Crippen molar-refractivity contribution in [2.45, 2.75) is 44.9 Å². The molecule has 0 fully saturated rings. The number of hydrogen-bond acceptors (Lipinski definition) is 4. The van der Waals surface area contributed by atoms with Crippen LogP contribution in [0.3, 0.4) is 0 Å². The van der Waals surface area contributed by atoms with Crippen LogP contribution >= 0.6 is 0 Å². The molecule has 0 aliphatic heterocycles. The number of nitrogens with one attached hydrogen (secondary N) is 2. The van der Waals surface area contributed by atoms with E-state index in [1.165, 1.54) is 38.5 Å². The van der Waals surface area contributed by atoms with Gasteiger partial charge in [0.1, 0.15) is 0 Å². The third-order valence-electron chi connectivity index (χ3n) is 2.16. The highest BCUT2D eigenvalue weighted by molar-refractivity contribution is 4.76. The maximum absolute atomic E-state index is 5.16. The van der Waals surface area contributed by atoms with Crippen molar-refractivity contribution in [1.82, 2.24) is 10.9 Å². The van der Waals surface area contributed by atoms with Gasteiger partial charge >= 0.3 is 0 Å². The number of rotatable bonds is 10. The third kappa shape index (κ3) is 11.4. The van der Waals surface area contributed by atoms with Crippen LogP contribution in [-0.2, 0) is 0 Å². The lowest BCUT2D eigenvalue weighted by molar-refractivity contribution is 0.574. The average Bonchev–Trinajstić information content (AvgIpc) is 2.21. The fourth-order valence-electron chi connectivity index (χ4n) is 1.35. The lowest BCUT2D eigenvalue weighted by atomic mass is 10.1. The van der Waals surface area contributed by atoms with Gasteiger partial charge in [0.25, 0.3) is 0 Å². The first-order valence-electron chi connectivity index (χ1n) is 5.46. The second-order valence-corrected chi connectivity index (χ2v) is 3.43. The predicted octanol–water partition coefficient (Wildman–Crippen LogP) is 1.16. The second-order valence-electron chi connectivity index (χ2n) is 3.43. The zero-order valence-corrected chi connectivity index (χ0v) is 8.97. The van der Waals surface area contributed by atoms with E-state index >= 15 is 0 Å². The van der Waals surface area contributed by atoms with E-state index in [4.69, 9.17) is 11.7 Å². The molecular formula is C10H24N4. The Morgan fingerprint density at radius 1 is 0.857 bits per heavy atom. The van der Waals surface area contributed by atoms with Crippen molar-refractivity contribution in [1.29, 1.82) is 0 Å². The van der Waals surface area contributed by atoms with Crippen molar-refractivity contribution in [3.8, 4) is 0 Å². The molecule has 0 unspecified atom stereocenters. The Kier molecular flexibility index (Phi) is 11.9. The summed E-state index contributed by atoms with van der Waals surface area (Å²) in [5.41, 5.74) is 5.16. The van der Waals surface area contributed by atoms with Crippen LogP contribution in [0, 0.1) is 0 Å². The first-order valence-corrected chi connectivity index (χ1v) is 5.46. The van der Waals surface area contributed by atoms with Crippen LogP contribution in [0.1, 0.15) is 44.9 Å². The average molecular weight is 200 g/mol. The third-order valence-corrected chi connectivity index (χ3v) is 2.16. The summed E-state index contributed by atoms with van der Waals surface area (Å²) >= 11 is 0. The molecule has 0 rings (SSSR count). The van der Waals surface area contributed by atoms with Gasteiger partial charge in [-0.25, -0.2) is 0 Å². The molecule has 6 N–H and O–H groups in total. The molecule has 0 radical (unpaired) electrons. The summed E-state index contributed by atoms with van der Waals surface area (Å²) in [6.07, 6.45) is 12.7. The molecule has 0 saturated carbocycles. The maximum Gasteiger partial charge on any atom is 0.00974 e. The number of nitrogens with two attached hydrogens (primary N) is 2. The van der Waals surface area contributed by atoms with Gasteiger partial charge in [0.2, 0.25) is 0 Å². The van der Waals surface area contributed by atoms with E-state index in [9.17, 15) is 0 Å². The van der Waals surface area contributed by atoms with E-state index < -0.39 is 0 Å². The van der Waals surface area contributed by atoms with Crippen molar-refractivity contribution in [3.05, 3.63) is 12.3 Å². The van der Waals surface area contributed by atoms with Gasteiger partial charge in [-0.15, -0.1) is 0 Å². The molecule has 0 saturated heterocycles. The molecule has 0 heterocycles. The van der Waals surface area contributed by atoms with E-state index in [1.54, 1.807) is 6.20 Å². The van der Waals surface area contributed by atoms with Gasteiger partial charge in [-0.3, -0.25) is 17.1 Å². The molecule has 0 aliphatic carbocycles. The largest absolute Gasteiger partial charge is 0.332 e. The molecule has 0 aromatic rings. The number of unbranched alkanes of at least 4 members (excludes halogenated alkanes) is 6. The van der Waals surface area contributed by atoms with Crippen LogP contribution in [-0.4, -0.2) is 6.54 Å². The Morgan fingerprint density at radius 3 is 2.14 bits per heavy atom. The fourth-order valence-corrected chi connectivity index (χ4v) is 1.35. The topological polar surface area (TPSA) is 76.1 Å². The molecule has 0 aromatic carbocycles. The molecule has 4 nitrogen and oxygen atoms in total. The second kappa shape index (κ2) is 12.4. The molecule has 0 amide bonds. The minimum absolute atomic E-state index is 0.935. The molecule has 84 valence electrons. The van der Waals surface area contributed by atoms with Crippen LogP contribution in [0.4, 0.5) is 0 Å². The summed E-state index contributed by atoms with van der Waals surface area (Å²) in [7, 11) is 0. The van der Waals surface area contributed by atoms with Crippen LogP contribution in [0.2, 0.25) is 0 Å². The van der Waals surface area contributed by atoms with Crippen molar-refractivity contribution in [2.75, 3.05) is 6.54 Å². The van der Waals surface area contributed by atoms with E-state index in [-0.39, 0.29) is 0 Å². The van der Waals surface area contributed by atoms with Crippen molar-refractivity contribution < 1.29 is 0 Å². The zero-order chi connectivity index (χ0) is 10.5. The normalized spacial score (nSPS) is 11.0. The highest BCUT2D eigenvalue weighted by Gasteiger charge is 1.89. The summed E-state index contributed by atoms with van der Waals surface area (Å²) in [5, 5.41) is 0. The quantitative estimate of drug-likeness (QED) is 0.242. The zero-order valence-electron chi connectivity index (χ0n) is 8.97. The molecule has 0 aliphatic rings. The van der Waals surface area contributed by atoms with E-state index in [2.05, 4.69) is 16.9 Å². The fraction of sp³-hybridized carbons (Fsp3) is 0.800. The van der Waals surface area contributed by atoms with E-state index in [0.717, 1.165) is 13.0 Å². The van der Waals surface area contributed by atoms with Gasteiger partial charge in [-0.05, 0) is 19.3 Å². The number of allylic oxidation sites excluding steroid dienone is 1. The minimum Gasteiger partial charge on any atom is -0.332 e. The van der Waals surface area contributed by atoms with Crippen LogP contribution in [0.5, 0.6) is 0 Å². The summed E-state index contributed by atoms with van der Waals surface area (Å²) in [6.45, 7) is 0.935. The van der Waals surface area contributed by atoms with Crippen molar-refractivity contribution >= 4 is 0 Å². The minimum atomic E-state index is 0.935. The Morgan fingerprint density at radius 2 is 1.50 bits per heavy atom. The highest BCUT2D eigenvalue weighted by Crippen LogP contribution is 2.06. The van der Waals surface area contributed by atoms with Crippen LogP contribution < -0.4 is 22.5 Å². The monoisotopic (exact) mass is 200 g/mol. The summed E-state index contributed by atoms with van der Waals surface area (Å²) in [4.78, 5) is 0. The predicted molar refractivity (Wildman–Crippen MR) is 61.0 cm³/mol. The van der Waals surface area contributed by atoms with Crippen molar-refractivity contribution in [2.24, 2.45) is 11.7 Å². The Labute approximate surface area is 87.1 Å². The number of hydrogen-bond donors (Lipinski definition) is 4. The van der Waals surface area contributed by atoms with Crippen molar-refractivity contribution in [3.63, 3.8) is 0 Å². The lowest BCUT2D eigenvalue weighted by Crippen LogP contribution is -2.22. The van der Waals surface area contributed by atoms with Crippen LogP contribution in [0.25, 0.3) is 0 Å². The SMILES string of the molecule is NNC=CCCCCCCCCNN. The van der Waals surface area contributed by atoms with Gasteiger partial charge in [-0.1, -0.05) is 31.8 Å². The molecule has 0 aromatic heterocycles. The van der Waals surface area contributed by atoms with Gasteiger partial charge in [0.15, 0.2) is 0 Å². The first kappa shape index (κ1) is 13.4. The lowest BCUT2D eigenvalue weighted by Gasteiger charge is -2.00. The highest BCUT2D eigenvalue weighted by atomic mass is 15.2. The number of hydrazine groups is 2. The van der Waals surface area contributed by atoms with Gasteiger partial charge in [0, 0.05) is 12.7 Å². The summed E-state index contributed by atoms with van der Waals surface area (Å²) < 4.78 is 0. The Bertz CT molecular complexity index is 125. The smallest absolute Gasteiger partial charge is 0.00974 e. The van der Waals surface area contributed by atoms with E-state index in [1.807, 2.05) is 0 Å². The summed E-state index contributed by atoms with van der Waals surface area (Å²) in [6, 6.07) is 0. The standard InChI is InChI=1S/C10H24N4/c11-13-9-7-5-3-1-2-4-6-8-10-14-12/h7,9,13-14H,1-6,8,10-12H2. The van der Waals surface area contributed by atoms with Crippen LogP contribution in [0.15, 0.2) is 12.3 Å². The molecule has 4 heteroatoms. The molecular weight excluding hydrogens is 176 g/mol. The maximum atomic E-state index is 5.16. The molecule has 14 heavy (non-hydrogen) atoms. The van der Waals surface area contributed by atoms with Gasteiger partial charge < -0.3 is 5.43 Å². The van der Waals surface area contributed by atoms with Gasteiger partial charge in [0.05, 0.1) is 0 Å². The molecule has 0 atom stereocenters. The van der Waals surface area contributed by atoms with E-state index in [0.29, 0.717) is 0 Å². The Balaban J connectivity index is 2.88. The first-order chi connectivity index (χ1) is 6.91. The molecule has 0 bridgehead atoms. The Hall–Kier alpha value is -0.580. The summed E-state index contributed by atoms with van der Waals surface area (Å²) in [5.74, 6) is 10.2.